The summed E-state index contributed by atoms with van der Waals surface area (Å²) in [5, 5.41) is 9.94. The highest BCUT2D eigenvalue weighted by molar-refractivity contribution is 9.10. The summed E-state index contributed by atoms with van der Waals surface area (Å²) in [6, 6.07) is 3.52. The fourth-order valence-corrected chi connectivity index (χ4v) is 1.33. The van der Waals surface area contributed by atoms with E-state index in [2.05, 4.69) is 36.5 Å². The van der Waals surface area contributed by atoms with Crippen LogP contribution in [-0.2, 0) is 11.3 Å². The molecule has 0 radical (unpaired) electrons. The van der Waals surface area contributed by atoms with Gasteiger partial charge in [-0.3, -0.25) is 4.79 Å². The predicted molar refractivity (Wildman–Crippen MR) is 60.6 cm³/mol. The van der Waals surface area contributed by atoms with Crippen molar-refractivity contribution in [2.75, 3.05) is 5.32 Å². The molecule has 7 heteroatoms. The first kappa shape index (κ1) is 10.7. The normalized spacial score (nSPS) is 10.1. The molecule has 6 nitrogen and oxygen atoms in total. The molecule has 0 aliphatic rings. The largest absolute Gasteiger partial charge is 0.309 e. The summed E-state index contributed by atoms with van der Waals surface area (Å²) in [5.74, 6) is 0.314. The second-order valence-corrected chi connectivity index (χ2v) is 3.93. The van der Waals surface area contributed by atoms with Crippen molar-refractivity contribution < 1.29 is 4.79 Å². The molecule has 16 heavy (non-hydrogen) atoms. The Bertz CT molecular complexity index is 467. The summed E-state index contributed by atoms with van der Waals surface area (Å²) < 4.78 is 2.30. The monoisotopic (exact) mass is 281 g/mol. The van der Waals surface area contributed by atoms with E-state index >= 15 is 0 Å². The molecule has 0 aliphatic heterocycles. The zero-order chi connectivity index (χ0) is 11.4. The minimum atomic E-state index is -0.194. The van der Waals surface area contributed by atoms with Crippen LogP contribution in [0.4, 0.5) is 5.82 Å². The zero-order valence-corrected chi connectivity index (χ0v) is 9.75. The van der Waals surface area contributed by atoms with Crippen LogP contribution in [0.1, 0.15) is 0 Å². The topological polar surface area (TPSA) is 72.7 Å². The van der Waals surface area contributed by atoms with Crippen molar-refractivity contribution in [1.82, 2.24) is 20.0 Å². The van der Waals surface area contributed by atoms with Gasteiger partial charge in [0.05, 0.1) is 6.20 Å². The fraction of sp³-hybridized carbons (Fsp3) is 0.111. The first-order chi connectivity index (χ1) is 7.74. The number of amides is 1. The Morgan fingerprint density at radius 3 is 3.00 bits per heavy atom. The first-order valence-electron chi connectivity index (χ1n) is 4.49. The summed E-state index contributed by atoms with van der Waals surface area (Å²) in [5.41, 5.74) is 0. The summed E-state index contributed by atoms with van der Waals surface area (Å²) in [4.78, 5) is 15.5. The van der Waals surface area contributed by atoms with Crippen LogP contribution in [0, 0.1) is 0 Å². The van der Waals surface area contributed by atoms with Crippen LogP contribution in [0.25, 0.3) is 0 Å². The third-order valence-electron chi connectivity index (χ3n) is 1.77. The highest BCUT2D eigenvalue weighted by Crippen LogP contribution is 2.10. The number of rotatable bonds is 3. The summed E-state index contributed by atoms with van der Waals surface area (Å²) >= 11 is 3.26. The van der Waals surface area contributed by atoms with Crippen LogP contribution >= 0.6 is 15.9 Å². The Balaban J connectivity index is 1.95. The lowest BCUT2D eigenvalue weighted by Crippen LogP contribution is -2.19. The molecular weight excluding hydrogens is 274 g/mol. The van der Waals surface area contributed by atoms with Gasteiger partial charge in [-0.15, -0.1) is 5.10 Å². The van der Waals surface area contributed by atoms with E-state index in [4.69, 9.17) is 0 Å². The lowest BCUT2D eigenvalue weighted by molar-refractivity contribution is -0.116. The maximum Gasteiger partial charge on any atom is 0.247 e. The average Bonchev–Trinajstić information content (AvgIpc) is 2.74. The minimum absolute atomic E-state index is 0.123. The molecular formula is C9H8BrN5O. The van der Waals surface area contributed by atoms with Crippen LogP contribution in [0.15, 0.2) is 35.2 Å². The van der Waals surface area contributed by atoms with Gasteiger partial charge in [-0.25, -0.2) is 9.67 Å². The molecule has 2 rings (SSSR count). The highest BCUT2D eigenvalue weighted by Gasteiger charge is 2.04. The Morgan fingerprint density at radius 1 is 1.50 bits per heavy atom. The van der Waals surface area contributed by atoms with Gasteiger partial charge in [-0.1, -0.05) is 5.21 Å². The molecule has 0 unspecified atom stereocenters. The van der Waals surface area contributed by atoms with Gasteiger partial charge in [0, 0.05) is 16.9 Å². The lowest BCUT2D eigenvalue weighted by Gasteiger charge is -2.03. The fourth-order valence-electron chi connectivity index (χ4n) is 1.10. The number of halogens is 1. The maximum absolute atomic E-state index is 11.5. The second-order valence-electron chi connectivity index (χ2n) is 3.01. The van der Waals surface area contributed by atoms with Crippen LogP contribution in [0.5, 0.6) is 0 Å². The third kappa shape index (κ3) is 2.86. The van der Waals surface area contributed by atoms with Gasteiger partial charge in [0.1, 0.15) is 12.4 Å². The molecule has 0 saturated carbocycles. The van der Waals surface area contributed by atoms with Crippen molar-refractivity contribution in [2.24, 2.45) is 0 Å². The molecule has 0 aromatic carbocycles. The number of nitrogens with zero attached hydrogens (tertiary/aromatic N) is 4. The van der Waals surface area contributed by atoms with E-state index in [0.717, 1.165) is 4.47 Å². The molecule has 0 bridgehead atoms. The van der Waals surface area contributed by atoms with Crippen molar-refractivity contribution in [3.8, 4) is 0 Å². The number of anilines is 1. The molecule has 2 aromatic rings. The van der Waals surface area contributed by atoms with Crippen LogP contribution < -0.4 is 5.32 Å². The van der Waals surface area contributed by atoms with Crippen LogP contribution in [0.2, 0.25) is 0 Å². The standard InChI is InChI=1S/C9H8BrN5O/c10-7-1-2-8(11-5-7)13-9(16)6-15-4-3-12-14-15/h1-5H,6H2,(H,11,13,16). The van der Waals surface area contributed by atoms with E-state index in [1.807, 2.05) is 0 Å². The predicted octanol–water partition coefficient (Wildman–Crippen LogP) is 1.07. The molecule has 0 atom stereocenters. The molecule has 2 aromatic heterocycles. The number of nitrogens with one attached hydrogen (secondary N) is 1. The van der Waals surface area contributed by atoms with Crippen molar-refractivity contribution >= 4 is 27.7 Å². The van der Waals surface area contributed by atoms with E-state index in [1.165, 1.54) is 10.9 Å². The highest BCUT2D eigenvalue weighted by atomic mass is 79.9. The second kappa shape index (κ2) is 4.84. The number of hydrogen-bond donors (Lipinski definition) is 1. The SMILES string of the molecule is O=C(Cn1ccnn1)Nc1ccc(Br)cn1. The van der Waals surface area contributed by atoms with Crippen molar-refractivity contribution in [3.63, 3.8) is 0 Å². The number of carbonyl (C=O) groups is 1. The van der Waals surface area contributed by atoms with Crippen LogP contribution in [0.3, 0.4) is 0 Å². The minimum Gasteiger partial charge on any atom is -0.309 e. The van der Waals surface area contributed by atoms with E-state index in [-0.39, 0.29) is 12.5 Å². The zero-order valence-electron chi connectivity index (χ0n) is 8.17. The molecule has 82 valence electrons. The average molecular weight is 282 g/mol. The number of pyridine rings is 1. The Labute approximate surface area is 99.8 Å². The Kier molecular flexibility index (Phi) is 3.25. The molecule has 0 spiro atoms. The van der Waals surface area contributed by atoms with E-state index in [0.29, 0.717) is 5.82 Å². The van der Waals surface area contributed by atoms with Gasteiger partial charge in [0.15, 0.2) is 0 Å². The third-order valence-corrected chi connectivity index (χ3v) is 2.24. The molecule has 2 heterocycles. The van der Waals surface area contributed by atoms with E-state index in [9.17, 15) is 4.79 Å². The quantitative estimate of drug-likeness (QED) is 0.914. The molecule has 0 fully saturated rings. The van der Waals surface area contributed by atoms with Gasteiger partial charge >= 0.3 is 0 Å². The lowest BCUT2D eigenvalue weighted by atomic mass is 10.4. The van der Waals surface area contributed by atoms with E-state index < -0.39 is 0 Å². The molecule has 1 amide bonds. The van der Waals surface area contributed by atoms with Gasteiger partial charge in [-0.2, -0.15) is 0 Å². The van der Waals surface area contributed by atoms with Crippen molar-refractivity contribution in [3.05, 3.63) is 35.2 Å². The number of aromatic nitrogens is 4. The maximum atomic E-state index is 11.5. The first-order valence-corrected chi connectivity index (χ1v) is 5.29. The van der Waals surface area contributed by atoms with Gasteiger partial charge in [0.2, 0.25) is 5.91 Å². The molecule has 0 saturated heterocycles. The summed E-state index contributed by atoms with van der Waals surface area (Å²) in [6.45, 7) is 0.123. The smallest absolute Gasteiger partial charge is 0.247 e. The van der Waals surface area contributed by atoms with Gasteiger partial charge in [0.25, 0.3) is 0 Å². The summed E-state index contributed by atoms with van der Waals surface area (Å²) in [7, 11) is 0. The van der Waals surface area contributed by atoms with Crippen LogP contribution in [-0.4, -0.2) is 25.9 Å². The Morgan fingerprint density at radius 2 is 2.38 bits per heavy atom. The van der Waals surface area contributed by atoms with Crippen molar-refractivity contribution in [1.29, 1.82) is 0 Å². The number of hydrogen-bond acceptors (Lipinski definition) is 4. The Hall–Kier alpha value is -1.76. The number of carbonyl (C=O) groups excluding carboxylic acids is 1. The molecule has 0 aliphatic carbocycles. The van der Waals surface area contributed by atoms with Gasteiger partial charge in [-0.05, 0) is 28.1 Å². The van der Waals surface area contributed by atoms with Crippen molar-refractivity contribution in [2.45, 2.75) is 6.54 Å². The molecule has 1 N–H and O–H groups in total. The van der Waals surface area contributed by atoms with E-state index in [1.54, 1.807) is 24.5 Å². The summed E-state index contributed by atoms with van der Waals surface area (Å²) in [6.07, 6.45) is 4.75. The van der Waals surface area contributed by atoms with Gasteiger partial charge < -0.3 is 5.32 Å².